The van der Waals surface area contributed by atoms with Gasteiger partial charge in [0.25, 0.3) is 5.91 Å². The summed E-state index contributed by atoms with van der Waals surface area (Å²) in [6.07, 6.45) is 34.4. The van der Waals surface area contributed by atoms with Crippen LogP contribution < -0.4 is 10.6 Å². The molecule has 1 unspecified atom stereocenters. The molecule has 2 rings (SSSR count). The van der Waals surface area contributed by atoms with E-state index in [2.05, 4.69) is 90.5 Å². The van der Waals surface area contributed by atoms with E-state index in [1.807, 2.05) is 30.3 Å². The van der Waals surface area contributed by atoms with Gasteiger partial charge in [-0.3, -0.25) is 14.4 Å². The first-order valence-electron chi connectivity index (χ1n) is 16.0. The molecule has 1 aromatic rings. The van der Waals surface area contributed by atoms with Crippen molar-refractivity contribution in [3.05, 3.63) is 121 Å². The first-order valence-corrected chi connectivity index (χ1v) is 17.2. The smallest absolute Gasteiger partial charge is 0.286 e. The van der Waals surface area contributed by atoms with Crippen LogP contribution in [0.3, 0.4) is 0 Å². The number of hydrogen-bond acceptors (Lipinski definition) is 5. The summed E-state index contributed by atoms with van der Waals surface area (Å²) in [6, 6.07) is 9.16. The lowest BCUT2D eigenvalue weighted by Gasteiger charge is -2.23. The molecular formula is C38H50N2O4S. The predicted molar refractivity (Wildman–Crippen MR) is 189 cm³/mol. The predicted octanol–water partition coefficient (Wildman–Crippen LogP) is 7.83. The zero-order chi connectivity index (χ0) is 32.4. The van der Waals surface area contributed by atoms with Crippen LogP contribution in [0.15, 0.2) is 115 Å². The molecule has 6 nitrogen and oxygen atoms in total. The molecule has 45 heavy (non-hydrogen) atoms. The molecule has 0 radical (unpaired) electrons. The Morgan fingerprint density at radius 3 is 1.82 bits per heavy atom. The number of thioether (sulfide) groups is 1. The number of ether oxygens (including phenoxy) is 1. The van der Waals surface area contributed by atoms with Crippen LogP contribution in [0.2, 0.25) is 0 Å². The van der Waals surface area contributed by atoms with Gasteiger partial charge in [0.05, 0.1) is 0 Å². The van der Waals surface area contributed by atoms with Crippen molar-refractivity contribution >= 4 is 29.4 Å². The number of carbonyl (C=O) groups is 3. The minimum Gasteiger partial charge on any atom is -0.469 e. The maximum Gasteiger partial charge on any atom is 0.286 e. The molecule has 1 aliphatic rings. The van der Waals surface area contributed by atoms with Gasteiger partial charge in [-0.15, -0.1) is 0 Å². The molecule has 0 saturated heterocycles. The monoisotopic (exact) mass is 630 g/mol. The topological polar surface area (TPSA) is 84.5 Å². The molecule has 242 valence electrons. The summed E-state index contributed by atoms with van der Waals surface area (Å²) in [7, 11) is 0. The van der Waals surface area contributed by atoms with Crippen molar-refractivity contribution in [2.75, 3.05) is 24.6 Å². The minimum absolute atomic E-state index is 0.0375. The van der Waals surface area contributed by atoms with Gasteiger partial charge in [0.15, 0.2) is 11.4 Å². The van der Waals surface area contributed by atoms with Gasteiger partial charge in [0.2, 0.25) is 11.7 Å². The van der Waals surface area contributed by atoms with E-state index in [4.69, 9.17) is 4.74 Å². The lowest BCUT2D eigenvalue weighted by atomic mass is 9.92. The molecule has 0 bridgehead atoms. The third-order valence-corrected chi connectivity index (χ3v) is 7.82. The molecule has 1 atom stereocenters. The average Bonchev–Trinajstić information content (AvgIpc) is 3.36. The van der Waals surface area contributed by atoms with Crippen molar-refractivity contribution in [1.29, 1.82) is 0 Å². The van der Waals surface area contributed by atoms with E-state index < -0.39 is 11.5 Å². The second-order valence-corrected chi connectivity index (χ2v) is 11.8. The Hall–Kier alpha value is -3.84. The fraction of sp³-hybridized carbons (Fsp3) is 0.395. The summed E-state index contributed by atoms with van der Waals surface area (Å²) in [5.74, 6) is 0.884. The maximum atomic E-state index is 12.5. The molecule has 2 N–H and O–H groups in total. The van der Waals surface area contributed by atoms with E-state index >= 15 is 0 Å². The highest BCUT2D eigenvalue weighted by molar-refractivity contribution is 7.99. The Morgan fingerprint density at radius 2 is 1.27 bits per heavy atom. The van der Waals surface area contributed by atoms with Gasteiger partial charge in [-0.1, -0.05) is 110 Å². The van der Waals surface area contributed by atoms with Gasteiger partial charge in [0, 0.05) is 42.7 Å². The summed E-state index contributed by atoms with van der Waals surface area (Å²) < 4.78 is 5.76. The molecular weight excluding hydrogens is 580 g/mol. The molecule has 0 fully saturated rings. The Bertz CT molecular complexity index is 1240. The van der Waals surface area contributed by atoms with Crippen LogP contribution >= 0.6 is 11.8 Å². The number of ketones is 1. The van der Waals surface area contributed by atoms with Gasteiger partial charge < -0.3 is 15.4 Å². The first-order chi connectivity index (χ1) is 22.0. The number of hydrogen-bond donors (Lipinski definition) is 2. The summed E-state index contributed by atoms with van der Waals surface area (Å²) in [4.78, 5) is 37.0. The average molecular weight is 631 g/mol. The number of benzene rings is 1. The van der Waals surface area contributed by atoms with Gasteiger partial charge in [-0.05, 0) is 51.9 Å². The van der Waals surface area contributed by atoms with E-state index in [1.54, 1.807) is 18.7 Å². The van der Waals surface area contributed by atoms with Crippen molar-refractivity contribution in [2.45, 2.75) is 70.8 Å². The lowest BCUT2D eigenvalue weighted by Crippen LogP contribution is -2.32. The molecule has 2 amide bonds. The highest BCUT2D eigenvalue weighted by atomic mass is 32.2. The minimum atomic E-state index is -1.17. The lowest BCUT2D eigenvalue weighted by molar-refractivity contribution is -0.132. The standard InChI is InChI=1S/C38H50N2O4S/c1-3-4-5-6-7-8-9-10-11-12-13-14-15-16-17-18-19-20-24-27-36(42)39-28-30-45-31-29-40-37(43)34-32-35(41)38(2,44-34)33-25-22-21-23-26-33/h4-5,7-8,10-11,13-14,16-17,19-23,25-26,32H,3,6,9,12,15,18,24,27-31H2,1-2H3,(H,39,42)(H,40,43). The van der Waals surface area contributed by atoms with E-state index in [9.17, 15) is 14.4 Å². The summed E-state index contributed by atoms with van der Waals surface area (Å²) in [6.45, 7) is 4.85. The van der Waals surface area contributed by atoms with Crippen molar-refractivity contribution in [1.82, 2.24) is 10.6 Å². The van der Waals surface area contributed by atoms with Crippen molar-refractivity contribution in [3.8, 4) is 0 Å². The van der Waals surface area contributed by atoms with Crippen molar-refractivity contribution in [3.63, 3.8) is 0 Å². The van der Waals surface area contributed by atoms with E-state index in [1.165, 1.54) is 6.08 Å². The van der Waals surface area contributed by atoms with Gasteiger partial charge in [-0.2, -0.15) is 11.8 Å². The highest BCUT2D eigenvalue weighted by Crippen LogP contribution is 2.34. The second-order valence-electron chi connectivity index (χ2n) is 10.5. The Labute approximate surface area is 274 Å². The maximum absolute atomic E-state index is 12.5. The fourth-order valence-electron chi connectivity index (χ4n) is 4.26. The normalized spacial score (nSPS) is 17.0. The Kier molecular flexibility index (Phi) is 19.5. The second kappa shape index (κ2) is 23.5. The largest absolute Gasteiger partial charge is 0.469 e. The fourth-order valence-corrected chi connectivity index (χ4v) is 4.95. The Balaban J connectivity index is 1.42. The van der Waals surface area contributed by atoms with Crippen LogP contribution in [-0.4, -0.2) is 42.2 Å². The van der Waals surface area contributed by atoms with Crippen molar-refractivity contribution in [2.24, 2.45) is 0 Å². The van der Waals surface area contributed by atoms with Crippen LogP contribution in [0.25, 0.3) is 0 Å². The highest BCUT2D eigenvalue weighted by Gasteiger charge is 2.43. The third-order valence-electron chi connectivity index (χ3n) is 6.83. The zero-order valence-corrected chi connectivity index (χ0v) is 27.7. The SMILES string of the molecule is CCC=CCC=CCC=CCC=CCC=CCC=CCCC(=O)NCCSCCNC(=O)C1=CC(=O)C(C)(c2ccccc2)O1. The molecule has 7 heteroatoms. The Morgan fingerprint density at radius 1 is 0.756 bits per heavy atom. The quantitative estimate of drug-likeness (QED) is 0.101. The van der Waals surface area contributed by atoms with E-state index in [0.717, 1.165) is 50.7 Å². The molecule has 0 spiro atoms. The summed E-state index contributed by atoms with van der Waals surface area (Å²) >= 11 is 1.64. The van der Waals surface area contributed by atoms with E-state index in [0.29, 0.717) is 30.8 Å². The number of carbonyl (C=O) groups excluding carboxylic acids is 3. The van der Waals surface area contributed by atoms with Crippen molar-refractivity contribution < 1.29 is 19.1 Å². The molecule has 0 aliphatic carbocycles. The van der Waals surface area contributed by atoms with Gasteiger partial charge >= 0.3 is 0 Å². The third kappa shape index (κ3) is 16.2. The zero-order valence-electron chi connectivity index (χ0n) is 26.9. The molecule has 1 aromatic carbocycles. The molecule has 1 aliphatic heterocycles. The van der Waals surface area contributed by atoms with Crippen LogP contribution in [0.1, 0.15) is 70.8 Å². The van der Waals surface area contributed by atoms with Crippen LogP contribution in [-0.2, 0) is 24.7 Å². The van der Waals surface area contributed by atoms with Gasteiger partial charge in [0.1, 0.15) is 0 Å². The van der Waals surface area contributed by atoms with E-state index in [-0.39, 0.29) is 17.4 Å². The number of nitrogens with one attached hydrogen (secondary N) is 2. The van der Waals surface area contributed by atoms with Crippen LogP contribution in [0, 0.1) is 0 Å². The number of allylic oxidation sites excluding steroid dienone is 12. The molecule has 0 aromatic heterocycles. The molecule has 1 heterocycles. The number of rotatable bonds is 22. The summed E-state index contributed by atoms with van der Waals surface area (Å²) in [5, 5.41) is 5.73. The van der Waals surface area contributed by atoms with Crippen LogP contribution in [0.4, 0.5) is 0 Å². The van der Waals surface area contributed by atoms with Gasteiger partial charge in [-0.25, -0.2) is 0 Å². The first kappa shape index (κ1) is 37.3. The number of amides is 2. The molecule has 0 saturated carbocycles. The van der Waals surface area contributed by atoms with Crippen LogP contribution in [0.5, 0.6) is 0 Å². The summed E-state index contributed by atoms with van der Waals surface area (Å²) in [5.41, 5.74) is -0.462.